The first kappa shape index (κ1) is 8.07. The van der Waals surface area contributed by atoms with Gasteiger partial charge in [0.15, 0.2) is 0 Å². The summed E-state index contributed by atoms with van der Waals surface area (Å²) in [5.74, 6) is 0.646. The Morgan fingerprint density at radius 2 is 2.09 bits per heavy atom. The molecular weight excluding hydrogens is 140 g/mol. The largest absolute Gasteiger partial charge is 0.303 e. The molecule has 1 atom stereocenters. The van der Waals surface area contributed by atoms with Crippen molar-refractivity contribution in [2.45, 2.75) is 26.4 Å². The Morgan fingerprint density at radius 3 is 2.73 bits per heavy atom. The molecule has 0 radical (unpaired) electrons. The third-order valence-corrected chi connectivity index (χ3v) is 1.25. The number of rotatable bonds is 0. The van der Waals surface area contributed by atoms with Gasteiger partial charge in [-0.1, -0.05) is 0 Å². The maximum atomic E-state index is 5.72. The van der Waals surface area contributed by atoms with Gasteiger partial charge in [-0.25, -0.2) is 4.99 Å². The van der Waals surface area contributed by atoms with Crippen LogP contribution in [-0.2, 0) is 0 Å². The van der Waals surface area contributed by atoms with E-state index in [4.69, 9.17) is 5.73 Å². The van der Waals surface area contributed by atoms with Crippen LogP contribution in [0.25, 0.3) is 0 Å². The fourth-order valence-corrected chi connectivity index (χ4v) is 0.942. The zero-order valence-corrected chi connectivity index (χ0v) is 7.00. The number of aliphatic imine (C=N–C) groups is 1. The molecule has 0 saturated carbocycles. The quantitative estimate of drug-likeness (QED) is 0.561. The topological polar surface area (TPSA) is 63.1 Å². The molecule has 1 aliphatic rings. The summed E-state index contributed by atoms with van der Waals surface area (Å²) < 4.78 is 0. The van der Waals surface area contributed by atoms with Crippen LogP contribution in [0.4, 0.5) is 0 Å². The average Bonchev–Trinajstić information content (AvgIpc) is 1.90. The summed E-state index contributed by atoms with van der Waals surface area (Å²) in [5, 5.41) is 7.71. The highest BCUT2D eigenvalue weighted by Crippen LogP contribution is 2.12. The van der Waals surface area contributed by atoms with Crippen molar-refractivity contribution in [3.05, 3.63) is 11.8 Å². The Kier molecular flexibility index (Phi) is 1.87. The molecule has 2 N–H and O–H groups in total. The number of allylic oxidation sites excluding steroid dienone is 1. The van der Waals surface area contributed by atoms with Crippen LogP contribution in [0.5, 0.6) is 0 Å². The van der Waals surface area contributed by atoms with E-state index in [0.29, 0.717) is 5.84 Å². The molecule has 11 heavy (non-hydrogen) atoms. The molecule has 1 unspecified atom stereocenters. The lowest BCUT2D eigenvalue weighted by Crippen LogP contribution is -2.30. The molecule has 0 aromatic heterocycles. The molecular formula is C7H12N4. The first-order chi connectivity index (χ1) is 4.99. The lowest BCUT2D eigenvalue weighted by atomic mass is 10.2. The summed E-state index contributed by atoms with van der Waals surface area (Å²) in [5.41, 5.74) is 5.88. The molecule has 0 fully saturated rings. The van der Waals surface area contributed by atoms with Crippen LogP contribution in [0.2, 0.25) is 0 Å². The fourth-order valence-electron chi connectivity index (χ4n) is 0.942. The zero-order chi connectivity index (χ0) is 8.48. The lowest BCUT2D eigenvalue weighted by molar-refractivity contribution is 0.588. The van der Waals surface area contributed by atoms with Crippen molar-refractivity contribution in [2.24, 2.45) is 21.0 Å². The van der Waals surface area contributed by atoms with Crippen molar-refractivity contribution in [1.82, 2.24) is 0 Å². The molecule has 0 bridgehead atoms. The van der Waals surface area contributed by atoms with E-state index in [9.17, 15) is 0 Å². The number of nitrogens with two attached hydrogens (primary N) is 1. The van der Waals surface area contributed by atoms with Crippen LogP contribution < -0.4 is 5.73 Å². The van der Waals surface area contributed by atoms with Crippen LogP contribution in [0, 0.1) is 0 Å². The van der Waals surface area contributed by atoms with Gasteiger partial charge in [0.1, 0.15) is 11.5 Å². The van der Waals surface area contributed by atoms with Gasteiger partial charge in [0.25, 0.3) is 0 Å². The molecule has 1 rings (SSSR count). The molecule has 0 aromatic carbocycles. The maximum absolute atomic E-state index is 5.72. The number of nitrogens with zero attached hydrogens (tertiary/aromatic N) is 3. The molecule has 60 valence electrons. The Bertz CT molecular complexity index is 247. The lowest BCUT2D eigenvalue weighted by Gasteiger charge is -2.10. The van der Waals surface area contributed by atoms with E-state index >= 15 is 0 Å². The first-order valence-electron chi connectivity index (χ1n) is 3.46. The molecule has 0 amide bonds. The molecule has 0 aliphatic carbocycles. The number of amidine groups is 1. The van der Waals surface area contributed by atoms with Gasteiger partial charge in [-0.3, -0.25) is 0 Å². The summed E-state index contributed by atoms with van der Waals surface area (Å²) in [7, 11) is 0. The molecule has 1 aliphatic heterocycles. The zero-order valence-electron chi connectivity index (χ0n) is 7.00. The van der Waals surface area contributed by atoms with Crippen LogP contribution in [-0.4, -0.2) is 11.5 Å². The van der Waals surface area contributed by atoms with Crippen LogP contribution in [0.3, 0.4) is 0 Å². The first-order valence-corrected chi connectivity index (χ1v) is 3.46. The van der Waals surface area contributed by atoms with Crippen LogP contribution in [0.15, 0.2) is 27.0 Å². The van der Waals surface area contributed by atoms with E-state index in [1.165, 1.54) is 0 Å². The van der Waals surface area contributed by atoms with E-state index in [0.717, 1.165) is 5.70 Å². The Labute approximate surface area is 65.9 Å². The van der Waals surface area contributed by atoms with Gasteiger partial charge >= 0.3 is 0 Å². The van der Waals surface area contributed by atoms with Crippen LogP contribution in [0.1, 0.15) is 20.8 Å². The Balaban J connectivity index is 3.02. The van der Waals surface area contributed by atoms with Gasteiger partial charge in [-0.2, -0.15) is 5.11 Å². The molecule has 0 saturated heterocycles. The second-order valence-electron chi connectivity index (χ2n) is 2.87. The average molecular weight is 152 g/mol. The van der Waals surface area contributed by atoms with E-state index in [1.807, 2.05) is 6.92 Å². The molecule has 1 heterocycles. The van der Waals surface area contributed by atoms with Crippen molar-refractivity contribution in [3.63, 3.8) is 0 Å². The summed E-state index contributed by atoms with van der Waals surface area (Å²) >= 11 is 0. The number of hydrogen-bond donors (Lipinski definition) is 1. The third-order valence-electron chi connectivity index (χ3n) is 1.25. The predicted molar refractivity (Wildman–Crippen MR) is 44.3 cm³/mol. The van der Waals surface area contributed by atoms with E-state index in [2.05, 4.69) is 15.2 Å². The third kappa shape index (κ3) is 2.23. The van der Waals surface area contributed by atoms with Crippen molar-refractivity contribution in [2.75, 3.05) is 0 Å². The van der Waals surface area contributed by atoms with Gasteiger partial charge in [-0.15, -0.1) is 5.11 Å². The summed E-state index contributed by atoms with van der Waals surface area (Å²) in [4.78, 5) is 4.11. The Morgan fingerprint density at radius 1 is 1.45 bits per heavy atom. The SMILES string of the molecule is CC1=CC(C)(N)N=NC(C)=N1. The molecule has 0 spiro atoms. The minimum Gasteiger partial charge on any atom is -0.303 e. The fraction of sp³-hybridized carbons (Fsp3) is 0.571. The molecule has 4 heteroatoms. The Hall–Kier alpha value is -1.03. The van der Waals surface area contributed by atoms with E-state index in [-0.39, 0.29) is 0 Å². The van der Waals surface area contributed by atoms with E-state index < -0.39 is 5.66 Å². The molecule has 0 aromatic rings. The highest BCUT2D eigenvalue weighted by Gasteiger charge is 2.15. The van der Waals surface area contributed by atoms with Gasteiger partial charge in [0.2, 0.25) is 0 Å². The summed E-state index contributed by atoms with van der Waals surface area (Å²) in [6.45, 7) is 5.46. The minimum absolute atomic E-state index is 0.646. The van der Waals surface area contributed by atoms with E-state index in [1.54, 1.807) is 19.9 Å². The monoisotopic (exact) mass is 152 g/mol. The second-order valence-corrected chi connectivity index (χ2v) is 2.87. The highest BCUT2D eigenvalue weighted by atomic mass is 15.2. The maximum Gasteiger partial charge on any atom is 0.147 e. The molecule has 4 nitrogen and oxygen atoms in total. The van der Waals surface area contributed by atoms with Crippen molar-refractivity contribution in [1.29, 1.82) is 0 Å². The predicted octanol–water partition coefficient (Wildman–Crippen LogP) is 1.45. The van der Waals surface area contributed by atoms with Crippen LogP contribution >= 0.6 is 0 Å². The van der Waals surface area contributed by atoms with Gasteiger partial charge in [0.05, 0.1) is 0 Å². The van der Waals surface area contributed by atoms with Crippen molar-refractivity contribution in [3.8, 4) is 0 Å². The van der Waals surface area contributed by atoms with Crippen molar-refractivity contribution < 1.29 is 0 Å². The highest BCUT2D eigenvalue weighted by molar-refractivity contribution is 5.81. The summed E-state index contributed by atoms with van der Waals surface area (Å²) in [6.07, 6.45) is 1.78. The minimum atomic E-state index is -0.703. The van der Waals surface area contributed by atoms with Crippen molar-refractivity contribution >= 4 is 5.84 Å². The smallest absolute Gasteiger partial charge is 0.147 e. The normalized spacial score (nSPS) is 30.9. The number of hydrogen-bond acceptors (Lipinski definition) is 4. The van der Waals surface area contributed by atoms with Gasteiger partial charge in [0, 0.05) is 5.70 Å². The van der Waals surface area contributed by atoms with Gasteiger partial charge < -0.3 is 5.73 Å². The summed E-state index contributed by atoms with van der Waals surface area (Å²) in [6, 6.07) is 0. The second kappa shape index (κ2) is 2.54. The number of azo groups is 1. The van der Waals surface area contributed by atoms with Gasteiger partial charge in [-0.05, 0) is 26.8 Å². The standard InChI is InChI=1S/C7H12N4/c1-5-4-7(3,8)11-10-6(2)9-5/h4H,8H2,1-3H3.